The van der Waals surface area contributed by atoms with E-state index in [2.05, 4.69) is 20.3 Å². The van der Waals surface area contributed by atoms with E-state index in [1.165, 1.54) is 13.2 Å². The van der Waals surface area contributed by atoms with Crippen LogP contribution in [0.25, 0.3) is 0 Å². The maximum Gasteiger partial charge on any atom is 0.321 e. The Labute approximate surface area is 125 Å². The van der Waals surface area contributed by atoms with Crippen molar-refractivity contribution in [3.63, 3.8) is 0 Å². The van der Waals surface area contributed by atoms with Crippen molar-refractivity contribution in [1.82, 2.24) is 15.0 Å². The van der Waals surface area contributed by atoms with E-state index in [0.717, 1.165) is 11.8 Å². The van der Waals surface area contributed by atoms with Gasteiger partial charge in [0.25, 0.3) is 5.69 Å². The van der Waals surface area contributed by atoms with Crippen molar-refractivity contribution in [2.75, 3.05) is 19.0 Å². The average Bonchev–Trinajstić information content (AvgIpc) is 2.47. The van der Waals surface area contributed by atoms with E-state index in [9.17, 15) is 10.1 Å². The van der Waals surface area contributed by atoms with Crippen LogP contribution in [0.1, 0.15) is 6.92 Å². The third-order valence-electron chi connectivity index (χ3n) is 2.38. The molecule has 8 nitrogen and oxygen atoms in total. The second kappa shape index (κ2) is 6.84. The van der Waals surface area contributed by atoms with E-state index in [4.69, 9.17) is 4.74 Å². The number of ether oxygens (including phenoxy) is 1. The number of hydrogen-bond acceptors (Lipinski definition) is 8. The molecule has 0 aliphatic heterocycles. The van der Waals surface area contributed by atoms with Gasteiger partial charge in [-0.3, -0.25) is 10.1 Å². The van der Waals surface area contributed by atoms with Crippen LogP contribution in [0.2, 0.25) is 0 Å². The third kappa shape index (κ3) is 3.78. The van der Waals surface area contributed by atoms with E-state index in [1.807, 2.05) is 6.92 Å². The Balaban J connectivity index is 2.35. The molecule has 0 bridgehead atoms. The van der Waals surface area contributed by atoms with Gasteiger partial charge in [0, 0.05) is 12.6 Å². The van der Waals surface area contributed by atoms with Gasteiger partial charge in [-0.1, -0.05) is 12.1 Å². The Morgan fingerprint density at radius 3 is 2.76 bits per heavy atom. The highest BCUT2D eigenvalue weighted by Crippen LogP contribution is 2.33. The van der Waals surface area contributed by atoms with Crippen LogP contribution in [-0.2, 0) is 0 Å². The highest BCUT2D eigenvalue weighted by molar-refractivity contribution is 7.99. The molecule has 0 aliphatic carbocycles. The van der Waals surface area contributed by atoms with Crippen LogP contribution < -0.4 is 10.1 Å². The van der Waals surface area contributed by atoms with Gasteiger partial charge in [0.1, 0.15) is 0 Å². The lowest BCUT2D eigenvalue weighted by atomic mass is 10.3. The summed E-state index contributed by atoms with van der Waals surface area (Å²) in [6.07, 6.45) is 0. The summed E-state index contributed by atoms with van der Waals surface area (Å²) in [7, 11) is 1.45. The lowest BCUT2D eigenvalue weighted by molar-refractivity contribution is -0.387. The van der Waals surface area contributed by atoms with Crippen LogP contribution in [-0.4, -0.2) is 33.5 Å². The zero-order valence-corrected chi connectivity index (χ0v) is 12.3. The smallest absolute Gasteiger partial charge is 0.321 e. The van der Waals surface area contributed by atoms with Gasteiger partial charge >= 0.3 is 6.01 Å². The molecule has 110 valence electrons. The molecule has 0 spiro atoms. The standard InChI is InChI=1S/C12H13N5O3S/c1-3-13-10-14-11(20-2)16-12(15-10)21-9-7-5-4-6-8(9)17(18)19/h4-7H,3H2,1-2H3,(H,13,14,15,16). The fourth-order valence-electron chi connectivity index (χ4n) is 1.50. The van der Waals surface area contributed by atoms with Gasteiger partial charge in [-0.05, 0) is 24.8 Å². The van der Waals surface area contributed by atoms with E-state index >= 15 is 0 Å². The monoisotopic (exact) mass is 307 g/mol. The highest BCUT2D eigenvalue weighted by Gasteiger charge is 2.16. The Bertz CT molecular complexity index is 653. The molecule has 0 unspecified atom stereocenters. The summed E-state index contributed by atoms with van der Waals surface area (Å²) < 4.78 is 5.01. The minimum atomic E-state index is -0.439. The van der Waals surface area contributed by atoms with Crippen LogP contribution in [0.15, 0.2) is 34.3 Å². The first-order chi connectivity index (χ1) is 10.1. The summed E-state index contributed by atoms with van der Waals surface area (Å²) in [5, 5.41) is 14.3. The Morgan fingerprint density at radius 1 is 1.33 bits per heavy atom. The summed E-state index contributed by atoms with van der Waals surface area (Å²) in [5.41, 5.74) is 0.00637. The Hall–Kier alpha value is -2.42. The fourth-order valence-corrected chi connectivity index (χ4v) is 2.35. The number of benzene rings is 1. The predicted octanol–water partition coefficient (Wildman–Crippen LogP) is 2.37. The Kier molecular flexibility index (Phi) is 4.88. The molecule has 0 saturated carbocycles. The van der Waals surface area contributed by atoms with Gasteiger partial charge in [-0.15, -0.1) is 0 Å². The maximum absolute atomic E-state index is 11.0. The van der Waals surface area contributed by atoms with Crippen LogP contribution in [0, 0.1) is 10.1 Å². The van der Waals surface area contributed by atoms with Crippen LogP contribution >= 0.6 is 11.8 Å². The molecule has 1 N–H and O–H groups in total. The molecular weight excluding hydrogens is 294 g/mol. The molecular formula is C12H13N5O3S. The average molecular weight is 307 g/mol. The summed E-state index contributed by atoms with van der Waals surface area (Å²) in [5.74, 6) is 0.366. The van der Waals surface area contributed by atoms with Crippen molar-refractivity contribution in [3.05, 3.63) is 34.4 Å². The lowest BCUT2D eigenvalue weighted by Gasteiger charge is -2.06. The molecule has 0 fully saturated rings. The number of aromatic nitrogens is 3. The minimum absolute atomic E-state index is 0.00637. The van der Waals surface area contributed by atoms with E-state index < -0.39 is 4.92 Å². The molecule has 21 heavy (non-hydrogen) atoms. The van der Waals surface area contributed by atoms with Gasteiger partial charge in [-0.2, -0.15) is 15.0 Å². The van der Waals surface area contributed by atoms with Crippen molar-refractivity contribution in [2.24, 2.45) is 0 Å². The summed E-state index contributed by atoms with van der Waals surface area (Å²) in [6.45, 7) is 2.55. The first-order valence-corrected chi connectivity index (χ1v) is 6.91. The first-order valence-electron chi connectivity index (χ1n) is 6.09. The molecule has 1 aromatic carbocycles. The number of methoxy groups -OCH3 is 1. The number of hydrogen-bond donors (Lipinski definition) is 1. The number of nitrogens with zero attached hydrogens (tertiary/aromatic N) is 4. The van der Waals surface area contributed by atoms with Crippen LogP contribution in [0.4, 0.5) is 11.6 Å². The molecule has 1 heterocycles. The van der Waals surface area contributed by atoms with E-state index in [0.29, 0.717) is 22.5 Å². The zero-order valence-electron chi connectivity index (χ0n) is 11.4. The number of nitrogens with one attached hydrogen (secondary N) is 1. The van der Waals surface area contributed by atoms with Crippen molar-refractivity contribution in [3.8, 4) is 6.01 Å². The van der Waals surface area contributed by atoms with Gasteiger partial charge < -0.3 is 10.1 Å². The molecule has 0 radical (unpaired) electrons. The minimum Gasteiger partial charge on any atom is -0.467 e. The maximum atomic E-state index is 11.0. The van der Waals surface area contributed by atoms with Gasteiger partial charge in [0.15, 0.2) is 0 Å². The van der Waals surface area contributed by atoms with Crippen molar-refractivity contribution >= 4 is 23.4 Å². The number of nitro groups is 1. The summed E-state index contributed by atoms with van der Waals surface area (Å²) in [6, 6.07) is 6.57. The number of rotatable bonds is 6. The molecule has 0 saturated heterocycles. The van der Waals surface area contributed by atoms with Crippen molar-refractivity contribution in [2.45, 2.75) is 17.0 Å². The number of anilines is 1. The predicted molar refractivity (Wildman–Crippen MR) is 77.8 cm³/mol. The van der Waals surface area contributed by atoms with Gasteiger partial charge in [0.2, 0.25) is 11.1 Å². The third-order valence-corrected chi connectivity index (χ3v) is 3.31. The zero-order chi connectivity index (χ0) is 15.2. The molecule has 2 aromatic rings. The summed E-state index contributed by atoms with van der Waals surface area (Å²) in [4.78, 5) is 23.3. The topological polar surface area (TPSA) is 103 Å². The quantitative estimate of drug-likeness (QED) is 0.641. The Morgan fingerprint density at radius 2 is 2.10 bits per heavy atom. The normalized spacial score (nSPS) is 10.2. The fraction of sp³-hybridized carbons (Fsp3) is 0.250. The van der Waals surface area contributed by atoms with Gasteiger partial charge in [-0.25, -0.2) is 0 Å². The molecule has 1 aromatic heterocycles. The van der Waals surface area contributed by atoms with Crippen molar-refractivity contribution < 1.29 is 9.66 Å². The summed E-state index contributed by atoms with van der Waals surface area (Å²) >= 11 is 1.09. The second-order valence-corrected chi connectivity index (χ2v) is 4.79. The molecule has 0 aliphatic rings. The van der Waals surface area contributed by atoms with Crippen molar-refractivity contribution in [1.29, 1.82) is 0 Å². The second-order valence-electron chi connectivity index (χ2n) is 3.79. The number of nitro benzene ring substituents is 1. The number of para-hydroxylation sites is 1. The molecule has 0 amide bonds. The largest absolute Gasteiger partial charge is 0.467 e. The molecule has 9 heteroatoms. The van der Waals surface area contributed by atoms with Gasteiger partial charge in [0.05, 0.1) is 16.9 Å². The molecule has 0 atom stereocenters. The van der Waals surface area contributed by atoms with E-state index in [-0.39, 0.29) is 11.7 Å². The SMILES string of the molecule is CCNc1nc(OC)nc(Sc2ccccc2[N+](=O)[O-])n1. The first kappa shape index (κ1) is 15.0. The van der Waals surface area contributed by atoms with Crippen LogP contribution in [0.3, 0.4) is 0 Å². The van der Waals surface area contributed by atoms with E-state index in [1.54, 1.807) is 18.2 Å². The van der Waals surface area contributed by atoms with Crippen LogP contribution in [0.5, 0.6) is 6.01 Å². The molecule has 2 rings (SSSR count). The highest BCUT2D eigenvalue weighted by atomic mass is 32.2. The lowest BCUT2D eigenvalue weighted by Crippen LogP contribution is -2.06.